The van der Waals surface area contributed by atoms with Gasteiger partial charge in [-0.1, -0.05) is 17.3 Å². The fraction of sp³-hybridized carbons (Fsp3) is 0.211. The first-order chi connectivity index (χ1) is 13.0. The number of esters is 1. The monoisotopic (exact) mass is 385 g/mol. The van der Waals surface area contributed by atoms with E-state index in [0.717, 1.165) is 21.5 Å². The molecule has 0 radical (unpaired) electrons. The Kier molecular flexibility index (Phi) is 4.49. The minimum absolute atomic E-state index is 0.0606. The van der Waals surface area contributed by atoms with Crippen molar-refractivity contribution in [3.63, 3.8) is 0 Å². The van der Waals surface area contributed by atoms with Crippen molar-refractivity contribution in [1.29, 1.82) is 0 Å². The lowest BCUT2D eigenvalue weighted by molar-refractivity contribution is 0.0470. The lowest BCUT2D eigenvalue weighted by Crippen LogP contribution is -2.04. The van der Waals surface area contributed by atoms with Crippen LogP contribution in [-0.2, 0) is 17.9 Å². The summed E-state index contributed by atoms with van der Waals surface area (Å²) in [6.45, 7) is 4.23. The quantitative estimate of drug-likeness (QED) is 0.481. The second-order valence-electron chi connectivity index (χ2n) is 6.20. The van der Waals surface area contributed by atoms with Crippen LogP contribution in [0.5, 0.6) is 0 Å². The maximum Gasteiger partial charge on any atom is 0.348 e. The normalized spacial score (nSPS) is 11.2. The van der Waals surface area contributed by atoms with E-state index in [2.05, 4.69) is 10.3 Å². The van der Waals surface area contributed by atoms with Crippen LogP contribution >= 0.6 is 11.3 Å². The molecule has 0 saturated heterocycles. The van der Waals surface area contributed by atoms with Gasteiger partial charge in [-0.25, -0.2) is 9.18 Å². The third kappa shape index (κ3) is 3.61. The van der Waals surface area contributed by atoms with Crippen molar-refractivity contribution in [3.8, 4) is 0 Å². The fourth-order valence-corrected chi connectivity index (χ4v) is 3.83. The number of hydrogen-bond acceptors (Lipinski definition) is 6. The number of fused-ring (bicyclic) bond motifs is 1. The molecule has 0 fully saturated rings. The number of hydrogen-bond donors (Lipinski definition) is 0. The maximum absolute atomic E-state index is 13.1. The summed E-state index contributed by atoms with van der Waals surface area (Å²) in [6, 6.07) is 9.81. The second-order valence-corrected chi connectivity index (χ2v) is 7.23. The molecule has 138 valence electrons. The van der Waals surface area contributed by atoms with Crippen LogP contribution in [0.15, 0.2) is 40.9 Å². The fourth-order valence-electron chi connectivity index (χ4n) is 2.78. The molecule has 27 heavy (non-hydrogen) atoms. The molecular weight excluding hydrogens is 369 g/mol. The molecule has 8 heteroatoms. The smallest absolute Gasteiger partial charge is 0.348 e. The van der Waals surface area contributed by atoms with Crippen molar-refractivity contribution in [2.75, 3.05) is 0 Å². The van der Waals surface area contributed by atoms with Crippen molar-refractivity contribution in [1.82, 2.24) is 14.9 Å². The number of carbonyl (C=O) groups is 1. The number of ether oxygens (including phenoxy) is 1. The summed E-state index contributed by atoms with van der Waals surface area (Å²) in [5.41, 5.74) is 2.33. The Labute approximate surface area is 158 Å². The van der Waals surface area contributed by atoms with Gasteiger partial charge in [0.05, 0.1) is 12.2 Å². The number of aryl methyl sites for hydroxylation is 2. The predicted molar refractivity (Wildman–Crippen MR) is 98.2 cm³/mol. The van der Waals surface area contributed by atoms with E-state index in [1.54, 1.807) is 31.2 Å². The zero-order chi connectivity index (χ0) is 19.0. The molecule has 1 aromatic carbocycles. The van der Waals surface area contributed by atoms with Crippen molar-refractivity contribution in [3.05, 3.63) is 69.8 Å². The number of halogens is 1. The summed E-state index contributed by atoms with van der Waals surface area (Å²) in [4.78, 5) is 13.7. The molecule has 4 aromatic rings. The Morgan fingerprint density at radius 2 is 2.04 bits per heavy atom. The van der Waals surface area contributed by atoms with E-state index in [4.69, 9.17) is 9.26 Å². The van der Waals surface area contributed by atoms with E-state index in [1.165, 1.54) is 23.5 Å². The molecule has 0 N–H and O–H groups in total. The molecule has 0 saturated carbocycles. The number of nitrogens with zero attached hydrogens (tertiary/aromatic N) is 3. The Balaban J connectivity index is 1.54. The van der Waals surface area contributed by atoms with Crippen LogP contribution < -0.4 is 0 Å². The van der Waals surface area contributed by atoms with E-state index in [1.807, 2.05) is 11.6 Å². The average Bonchev–Trinajstić information content (AvgIpc) is 3.33. The predicted octanol–water partition coefficient (Wildman–Crippen LogP) is 4.25. The molecule has 0 unspecified atom stereocenters. The lowest BCUT2D eigenvalue weighted by atomic mass is 10.2. The molecular formula is C19H16FN3O3S. The van der Waals surface area contributed by atoms with Crippen LogP contribution in [0.2, 0.25) is 0 Å². The van der Waals surface area contributed by atoms with Crippen LogP contribution in [0, 0.1) is 19.7 Å². The highest BCUT2D eigenvalue weighted by atomic mass is 32.1. The highest BCUT2D eigenvalue weighted by molar-refractivity contribution is 7.20. The first-order valence-corrected chi connectivity index (χ1v) is 9.12. The van der Waals surface area contributed by atoms with Gasteiger partial charge in [0, 0.05) is 11.5 Å². The molecule has 6 nitrogen and oxygen atoms in total. The minimum atomic E-state index is -0.412. The molecule has 0 spiro atoms. The number of thiophene rings is 1. The topological polar surface area (TPSA) is 70.2 Å². The Hall–Kier alpha value is -3.00. The van der Waals surface area contributed by atoms with Crippen LogP contribution in [0.4, 0.5) is 4.39 Å². The van der Waals surface area contributed by atoms with Gasteiger partial charge in [-0.05, 0) is 37.6 Å². The molecule has 0 aliphatic carbocycles. The van der Waals surface area contributed by atoms with Crippen molar-refractivity contribution < 1.29 is 18.4 Å². The Morgan fingerprint density at radius 3 is 2.74 bits per heavy atom. The largest absolute Gasteiger partial charge is 0.455 e. The first-order valence-electron chi connectivity index (χ1n) is 8.30. The Bertz CT molecular complexity index is 1110. The van der Waals surface area contributed by atoms with Crippen LogP contribution in [0.1, 0.15) is 32.4 Å². The van der Waals surface area contributed by atoms with Gasteiger partial charge in [0.25, 0.3) is 0 Å². The van der Waals surface area contributed by atoms with E-state index in [9.17, 15) is 9.18 Å². The molecule has 0 bridgehead atoms. The van der Waals surface area contributed by atoms with E-state index >= 15 is 0 Å². The third-order valence-electron chi connectivity index (χ3n) is 4.08. The van der Waals surface area contributed by atoms with Gasteiger partial charge < -0.3 is 9.26 Å². The summed E-state index contributed by atoms with van der Waals surface area (Å²) in [5, 5.41) is 9.24. The zero-order valence-corrected chi connectivity index (χ0v) is 15.5. The molecule has 0 atom stereocenters. The third-order valence-corrected chi connectivity index (χ3v) is 5.21. The van der Waals surface area contributed by atoms with Crippen LogP contribution in [0.3, 0.4) is 0 Å². The minimum Gasteiger partial charge on any atom is -0.455 e. The van der Waals surface area contributed by atoms with Crippen LogP contribution in [0.25, 0.3) is 10.2 Å². The van der Waals surface area contributed by atoms with Gasteiger partial charge in [0.2, 0.25) is 0 Å². The standard InChI is InChI=1S/C19H16FN3O3S/c1-11-7-15(22-26-11)10-25-19(24)17-8-16-12(2)21-23(18(16)27-17)9-13-3-5-14(20)6-4-13/h3-8H,9-10H2,1-2H3. The number of rotatable bonds is 5. The maximum atomic E-state index is 13.1. The first kappa shape index (κ1) is 17.4. The Morgan fingerprint density at radius 1 is 1.26 bits per heavy atom. The second kappa shape index (κ2) is 6.96. The summed E-state index contributed by atoms with van der Waals surface area (Å²) in [7, 11) is 0. The average molecular weight is 385 g/mol. The summed E-state index contributed by atoms with van der Waals surface area (Å²) < 4.78 is 25.2. The molecule has 0 aliphatic rings. The van der Waals surface area contributed by atoms with Crippen LogP contribution in [-0.4, -0.2) is 20.9 Å². The highest BCUT2D eigenvalue weighted by Gasteiger charge is 2.18. The van der Waals surface area contributed by atoms with Crippen molar-refractivity contribution in [2.45, 2.75) is 27.0 Å². The lowest BCUT2D eigenvalue weighted by Gasteiger charge is -2.03. The molecule has 3 aromatic heterocycles. The van der Waals surface area contributed by atoms with Gasteiger partial charge in [-0.15, -0.1) is 11.3 Å². The molecule has 0 aliphatic heterocycles. The van der Waals surface area contributed by atoms with Crippen molar-refractivity contribution in [2.24, 2.45) is 0 Å². The molecule has 4 rings (SSSR count). The van der Waals surface area contributed by atoms with Gasteiger partial charge in [0.15, 0.2) is 0 Å². The van der Waals surface area contributed by atoms with Gasteiger partial charge in [-0.2, -0.15) is 5.10 Å². The molecule has 0 amide bonds. The van der Waals surface area contributed by atoms with E-state index in [-0.39, 0.29) is 12.4 Å². The summed E-state index contributed by atoms with van der Waals surface area (Å²) in [5.74, 6) is -0.0204. The van der Waals surface area contributed by atoms with Gasteiger partial charge >= 0.3 is 5.97 Å². The van der Waals surface area contributed by atoms with Gasteiger partial charge in [-0.3, -0.25) is 4.68 Å². The zero-order valence-electron chi connectivity index (χ0n) is 14.7. The summed E-state index contributed by atoms with van der Waals surface area (Å²) >= 11 is 1.32. The molecule has 3 heterocycles. The number of aromatic nitrogens is 3. The van der Waals surface area contributed by atoms with E-state index < -0.39 is 5.97 Å². The van der Waals surface area contributed by atoms with E-state index in [0.29, 0.717) is 22.9 Å². The highest BCUT2D eigenvalue weighted by Crippen LogP contribution is 2.29. The summed E-state index contributed by atoms with van der Waals surface area (Å²) in [6.07, 6.45) is 0. The SMILES string of the molecule is Cc1cc(COC(=O)c2cc3c(C)nn(Cc4ccc(F)cc4)c3s2)no1. The number of benzene rings is 1. The van der Waals surface area contributed by atoms with Crippen molar-refractivity contribution >= 4 is 27.5 Å². The van der Waals surface area contributed by atoms with Gasteiger partial charge in [0.1, 0.15) is 33.6 Å². The number of carbonyl (C=O) groups excluding carboxylic acids is 1.